The van der Waals surface area contributed by atoms with Crippen LogP contribution in [-0.2, 0) is 4.74 Å². The maximum Gasteiger partial charge on any atom is 0.0826 e. The van der Waals surface area contributed by atoms with E-state index in [0.29, 0.717) is 12.1 Å². The van der Waals surface area contributed by atoms with Crippen molar-refractivity contribution in [2.24, 2.45) is 0 Å². The van der Waals surface area contributed by atoms with Gasteiger partial charge in [-0.15, -0.1) is 12.3 Å². The highest BCUT2D eigenvalue weighted by Crippen LogP contribution is 2.07. The second-order valence-electron chi connectivity index (χ2n) is 4.24. The van der Waals surface area contributed by atoms with Gasteiger partial charge >= 0.3 is 0 Å². The van der Waals surface area contributed by atoms with Crippen LogP contribution in [0.3, 0.4) is 0 Å². The highest BCUT2D eigenvalue weighted by molar-refractivity contribution is 4.84. The molecule has 0 spiro atoms. The summed E-state index contributed by atoms with van der Waals surface area (Å²) in [4.78, 5) is 2.46. The maximum absolute atomic E-state index is 5.68. The fourth-order valence-electron chi connectivity index (χ4n) is 1.76. The van der Waals surface area contributed by atoms with Gasteiger partial charge in [-0.25, -0.2) is 0 Å². The second kappa shape index (κ2) is 6.84. The minimum Gasteiger partial charge on any atom is -0.374 e. The van der Waals surface area contributed by atoms with Gasteiger partial charge in [0.1, 0.15) is 0 Å². The van der Waals surface area contributed by atoms with Crippen LogP contribution in [0.5, 0.6) is 0 Å². The molecule has 1 saturated heterocycles. The fraction of sp³-hybridized carbons (Fsp3) is 0.833. The van der Waals surface area contributed by atoms with E-state index in [1.165, 1.54) is 0 Å². The summed E-state index contributed by atoms with van der Waals surface area (Å²) in [7, 11) is 0. The molecule has 0 saturated carbocycles. The summed E-state index contributed by atoms with van der Waals surface area (Å²) in [6.07, 6.45) is 6.29. The van der Waals surface area contributed by atoms with Gasteiger partial charge in [0.05, 0.1) is 12.7 Å². The van der Waals surface area contributed by atoms with E-state index in [4.69, 9.17) is 11.2 Å². The van der Waals surface area contributed by atoms with E-state index in [2.05, 4.69) is 30.0 Å². The van der Waals surface area contributed by atoms with Crippen LogP contribution in [0.4, 0.5) is 0 Å². The minimum atomic E-state index is 0.318. The first kappa shape index (κ1) is 12.5. The molecular weight excluding hydrogens is 188 g/mol. The summed E-state index contributed by atoms with van der Waals surface area (Å²) in [5.41, 5.74) is 0. The molecule has 1 N–H and O–H groups in total. The van der Waals surface area contributed by atoms with E-state index >= 15 is 0 Å². The van der Waals surface area contributed by atoms with Crippen LogP contribution in [0.2, 0.25) is 0 Å². The lowest BCUT2D eigenvalue weighted by Gasteiger charge is -2.35. The molecule has 0 bridgehead atoms. The highest BCUT2D eigenvalue weighted by Gasteiger charge is 2.21. The van der Waals surface area contributed by atoms with Crippen molar-refractivity contribution in [3.05, 3.63) is 0 Å². The van der Waals surface area contributed by atoms with Gasteiger partial charge in [-0.3, -0.25) is 4.90 Å². The van der Waals surface area contributed by atoms with Crippen molar-refractivity contribution in [1.29, 1.82) is 0 Å². The summed E-state index contributed by atoms with van der Waals surface area (Å²) in [5, 5.41) is 3.32. The topological polar surface area (TPSA) is 24.5 Å². The van der Waals surface area contributed by atoms with Gasteiger partial charge in [0.25, 0.3) is 0 Å². The maximum atomic E-state index is 5.68. The van der Waals surface area contributed by atoms with Crippen molar-refractivity contribution >= 4 is 0 Å². The third-order valence-corrected chi connectivity index (χ3v) is 2.72. The Kier molecular flexibility index (Phi) is 5.70. The van der Waals surface area contributed by atoms with Crippen molar-refractivity contribution < 1.29 is 4.74 Å². The molecule has 0 amide bonds. The number of rotatable bonds is 5. The second-order valence-corrected chi connectivity index (χ2v) is 4.24. The van der Waals surface area contributed by atoms with Crippen LogP contribution in [0.15, 0.2) is 0 Å². The molecule has 1 unspecified atom stereocenters. The number of hydrogen-bond donors (Lipinski definition) is 1. The van der Waals surface area contributed by atoms with Gasteiger partial charge in [-0.05, 0) is 13.8 Å². The molecule has 3 nitrogen and oxygen atoms in total. The lowest BCUT2D eigenvalue weighted by molar-refractivity contribution is -0.0369. The molecule has 0 aromatic heterocycles. The molecule has 0 radical (unpaired) electrons. The molecule has 86 valence electrons. The monoisotopic (exact) mass is 210 g/mol. The van der Waals surface area contributed by atoms with Crippen molar-refractivity contribution in [1.82, 2.24) is 10.2 Å². The third kappa shape index (κ3) is 4.65. The Morgan fingerprint density at radius 1 is 1.60 bits per heavy atom. The molecule has 1 aliphatic rings. The van der Waals surface area contributed by atoms with Crippen molar-refractivity contribution in [3.8, 4) is 12.3 Å². The van der Waals surface area contributed by atoms with Crippen LogP contribution >= 0.6 is 0 Å². The smallest absolute Gasteiger partial charge is 0.0826 e. The summed E-state index contributed by atoms with van der Waals surface area (Å²) < 4.78 is 5.68. The van der Waals surface area contributed by atoms with Crippen molar-refractivity contribution in [3.63, 3.8) is 0 Å². The molecule has 1 fully saturated rings. The zero-order valence-electron chi connectivity index (χ0n) is 9.83. The van der Waals surface area contributed by atoms with E-state index in [1.807, 2.05) is 0 Å². The SMILES string of the molecule is C#CCCNCC1CN(C(C)C)CCO1. The number of ether oxygens (including phenoxy) is 1. The standard InChI is InChI=1S/C12H22N2O/c1-4-5-6-13-9-12-10-14(11(2)3)7-8-15-12/h1,11-13H,5-10H2,2-3H3. The quantitative estimate of drug-likeness (QED) is 0.534. The highest BCUT2D eigenvalue weighted by atomic mass is 16.5. The third-order valence-electron chi connectivity index (χ3n) is 2.72. The first-order valence-electron chi connectivity index (χ1n) is 5.74. The molecule has 3 heteroatoms. The predicted molar refractivity (Wildman–Crippen MR) is 62.8 cm³/mol. The van der Waals surface area contributed by atoms with Gasteiger partial charge in [0.2, 0.25) is 0 Å². The van der Waals surface area contributed by atoms with E-state index < -0.39 is 0 Å². The Hall–Kier alpha value is -0.560. The van der Waals surface area contributed by atoms with Gasteiger partial charge in [-0.2, -0.15) is 0 Å². The first-order valence-corrected chi connectivity index (χ1v) is 5.74. The molecule has 1 aliphatic heterocycles. The van der Waals surface area contributed by atoms with Crippen molar-refractivity contribution in [2.45, 2.75) is 32.4 Å². The molecule has 15 heavy (non-hydrogen) atoms. The minimum absolute atomic E-state index is 0.318. The average Bonchev–Trinajstić information content (AvgIpc) is 2.25. The number of nitrogens with zero attached hydrogens (tertiary/aromatic N) is 1. The number of nitrogens with one attached hydrogen (secondary N) is 1. The lowest BCUT2D eigenvalue weighted by atomic mass is 10.2. The molecule has 0 aromatic carbocycles. The molecule has 0 aromatic rings. The van der Waals surface area contributed by atoms with Crippen molar-refractivity contribution in [2.75, 3.05) is 32.8 Å². The lowest BCUT2D eigenvalue weighted by Crippen LogP contribution is -2.49. The fourth-order valence-corrected chi connectivity index (χ4v) is 1.76. The Morgan fingerprint density at radius 2 is 2.40 bits per heavy atom. The summed E-state index contributed by atoms with van der Waals surface area (Å²) >= 11 is 0. The first-order chi connectivity index (χ1) is 7.24. The molecule has 1 rings (SSSR count). The van der Waals surface area contributed by atoms with Gasteiger partial charge in [0.15, 0.2) is 0 Å². The Bertz CT molecular complexity index is 210. The van der Waals surface area contributed by atoms with Gasteiger partial charge in [0, 0.05) is 38.6 Å². The Balaban J connectivity index is 2.16. The van der Waals surface area contributed by atoms with Crippen LogP contribution in [0.25, 0.3) is 0 Å². The van der Waals surface area contributed by atoms with E-state index in [9.17, 15) is 0 Å². The van der Waals surface area contributed by atoms with Gasteiger partial charge in [-0.1, -0.05) is 0 Å². The summed E-state index contributed by atoms with van der Waals surface area (Å²) in [6.45, 7) is 9.18. The van der Waals surface area contributed by atoms with Crippen LogP contribution in [0, 0.1) is 12.3 Å². The zero-order valence-corrected chi connectivity index (χ0v) is 9.83. The molecule has 1 atom stereocenters. The van der Waals surface area contributed by atoms with E-state index in [1.54, 1.807) is 0 Å². The number of morpholine rings is 1. The number of terminal acetylenes is 1. The number of hydrogen-bond acceptors (Lipinski definition) is 3. The van der Waals surface area contributed by atoms with Crippen LogP contribution in [-0.4, -0.2) is 49.8 Å². The van der Waals surface area contributed by atoms with Crippen LogP contribution < -0.4 is 5.32 Å². The molecule has 0 aliphatic carbocycles. The zero-order chi connectivity index (χ0) is 11.1. The Morgan fingerprint density at radius 3 is 3.07 bits per heavy atom. The summed E-state index contributed by atoms with van der Waals surface area (Å²) in [6, 6.07) is 0.613. The van der Waals surface area contributed by atoms with Crippen LogP contribution in [0.1, 0.15) is 20.3 Å². The normalized spacial score (nSPS) is 22.9. The largest absolute Gasteiger partial charge is 0.374 e. The van der Waals surface area contributed by atoms with E-state index in [-0.39, 0.29) is 0 Å². The summed E-state index contributed by atoms with van der Waals surface area (Å²) in [5.74, 6) is 2.62. The van der Waals surface area contributed by atoms with Gasteiger partial charge < -0.3 is 10.1 Å². The predicted octanol–water partition coefficient (Wildman–Crippen LogP) is 0.708. The molecular formula is C12H22N2O. The Labute approximate surface area is 93.2 Å². The van der Waals surface area contributed by atoms with E-state index in [0.717, 1.165) is 39.2 Å². The average molecular weight is 210 g/mol. The molecule has 1 heterocycles.